The van der Waals surface area contributed by atoms with Crippen LogP contribution in [0.15, 0.2) is 52.9 Å². The Labute approximate surface area is 234 Å². The van der Waals surface area contributed by atoms with Gasteiger partial charge in [0.15, 0.2) is 15.6 Å². The molecular weight excluding hydrogens is 556 g/mol. The summed E-state index contributed by atoms with van der Waals surface area (Å²) < 4.78 is 56.9. The standard InChI is InChI=1S/C29H27F2N3O6S/c30-29(31)11-9-27(10-12-29,25(36)34-26(15-32)7-8-26)33-24(35)23-14-20-2-1-19(13-22(20)40-23)18-3-5-21(6-4-18)28(37)16-41(38,39)17-28/h1-6,13-14,37H,7-12,16-17H2,(H,33,35)(H,34,36). The Balaban J connectivity index is 1.22. The Bertz CT molecular complexity index is 1700. The molecule has 3 N–H and O–H groups in total. The number of aliphatic hydroxyl groups is 1. The van der Waals surface area contributed by atoms with E-state index in [0.717, 1.165) is 11.1 Å². The fourth-order valence-corrected chi connectivity index (χ4v) is 7.31. The van der Waals surface area contributed by atoms with Gasteiger partial charge in [-0.15, -0.1) is 0 Å². The van der Waals surface area contributed by atoms with E-state index >= 15 is 0 Å². The minimum absolute atomic E-state index is 0.0909. The average Bonchev–Trinajstić information content (AvgIpc) is 3.55. The van der Waals surface area contributed by atoms with E-state index in [4.69, 9.17) is 4.42 Å². The SMILES string of the molecule is N#CC1(NC(=O)C2(NC(=O)c3cc4ccc(-c5ccc(C6(O)CS(=O)(=O)C6)cc5)cc4o3)CCC(F)(F)CC2)CC1. The third-order valence-corrected chi connectivity index (χ3v) is 10.2. The van der Waals surface area contributed by atoms with Crippen molar-refractivity contribution < 1.29 is 36.3 Å². The largest absolute Gasteiger partial charge is 0.451 e. The van der Waals surface area contributed by atoms with Crippen molar-refractivity contribution in [3.63, 3.8) is 0 Å². The molecule has 2 aliphatic carbocycles. The number of nitrogens with zero attached hydrogens (tertiary/aromatic N) is 1. The third-order valence-electron chi connectivity index (χ3n) is 8.36. The summed E-state index contributed by atoms with van der Waals surface area (Å²) in [5.41, 5.74) is -1.59. The van der Waals surface area contributed by atoms with E-state index in [9.17, 15) is 37.2 Å². The van der Waals surface area contributed by atoms with Crippen molar-refractivity contribution in [1.82, 2.24) is 10.6 Å². The molecule has 6 rings (SSSR count). The Hall–Kier alpha value is -3.82. The lowest BCUT2D eigenvalue weighted by molar-refractivity contribution is -0.133. The first-order valence-electron chi connectivity index (χ1n) is 13.3. The van der Waals surface area contributed by atoms with Crippen LogP contribution in [0.5, 0.6) is 0 Å². The number of amides is 2. The van der Waals surface area contributed by atoms with Crippen LogP contribution in [0.4, 0.5) is 8.78 Å². The highest BCUT2D eigenvalue weighted by molar-refractivity contribution is 7.92. The number of rotatable bonds is 6. The molecule has 1 saturated heterocycles. The normalized spacial score (nSPS) is 22.6. The second-order valence-electron chi connectivity index (χ2n) is 11.5. The Morgan fingerprint density at radius 1 is 0.902 bits per heavy atom. The lowest BCUT2D eigenvalue weighted by atomic mass is 9.78. The van der Waals surface area contributed by atoms with E-state index in [-0.39, 0.29) is 30.1 Å². The van der Waals surface area contributed by atoms with Crippen LogP contribution in [-0.4, -0.2) is 53.8 Å². The van der Waals surface area contributed by atoms with E-state index in [0.29, 0.717) is 29.4 Å². The molecule has 3 aliphatic rings. The molecule has 2 saturated carbocycles. The van der Waals surface area contributed by atoms with E-state index in [1.165, 1.54) is 6.07 Å². The molecule has 0 radical (unpaired) electrons. The van der Waals surface area contributed by atoms with Crippen molar-refractivity contribution in [2.45, 2.75) is 61.1 Å². The van der Waals surface area contributed by atoms with Gasteiger partial charge in [-0.25, -0.2) is 17.2 Å². The second kappa shape index (κ2) is 9.09. The van der Waals surface area contributed by atoms with E-state index in [2.05, 4.69) is 10.6 Å². The van der Waals surface area contributed by atoms with Crippen molar-refractivity contribution in [2.24, 2.45) is 0 Å². The molecule has 2 amide bonds. The minimum Gasteiger partial charge on any atom is -0.451 e. The zero-order valence-electron chi connectivity index (χ0n) is 21.9. The van der Waals surface area contributed by atoms with Crippen LogP contribution >= 0.6 is 0 Å². The summed E-state index contributed by atoms with van der Waals surface area (Å²) >= 11 is 0. The number of benzene rings is 2. The monoisotopic (exact) mass is 583 g/mol. The van der Waals surface area contributed by atoms with Crippen molar-refractivity contribution in [2.75, 3.05) is 11.5 Å². The fourth-order valence-electron chi connectivity index (χ4n) is 5.60. The van der Waals surface area contributed by atoms with Gasteiger partial charge in [-0.3, -0.25) is 9.59 Å². The van der Waals surface area contributed by atoms with Crippen LogP contribution in [0.3, 0.4) is 0 Å². The Kier molecular flexibility index (Phi) is 6.07. The topological polar surface area (TPSA) is 150 Å². The molecule has 2 aromatic carbocycles. The quantitative estimate of drug-likeness (QED) is 0.402. The Morgan fingerprint density at radius 2 is 1.54 bits per heavy atom. The van der Waals surface area contributed by atoms with Gasteiger partial charge >= 0.3 is 0 Å². The van der Waals surface area contributed by atoms with Gasteiger partial charge in [-0.2, -0.15) is 5.26 Å². The lowest BCUT2D eigenvalue weighted by Crippen LogP contribution is -2.62. The van der Waals surface area contributed by atoms with Gasteiger partial charge < -0.3 is 20.2 Å². The summed E-state index contributed by atoms with van der Waals surface area (Å²) in [7, 11) is -3.22. The van der Waals surface area contributed by atoms with E-state index in [1.54, 1.807) is 36.4 Å². The Morgan fingerprint density at radius 3 is 2.12 bits per heavy atom. The first-order valence-corrected chi connectivity index (χ1v) is 15.1. The molecule has 1 aromatic heterocycles. The van der Waals surface area contributed by atoms with Crippen molar-refractivity contribution in [3.05, 3.63) is 59.9 Å². The highest BCUT2D eigenvalue weighted by Crippen LogP contribution is 2.41. The van der Waals surface area contributed by atoms with Crippen LogP contribution < -0.4 is 10.6 Å². The molecule has 0 bridgehead atoms. The van der Waals surface area contributed by atoms with Crippen LogP contribution in [0.1, 0.15) is 54.6 Å². The van der Waals surface area contributed by atoms with E-state index in [1.807, 2.05) is 12.1 Å². The molecule has 41 heavy (non-hydrogen) atoms. The smallest absolute Gasteiger partial charge is 0.287 e. The molecule has 3 fully saturated rings. The molecule has 12 heteroatoms. The van der Waals surface area contributed by atoms with Crippen molar-refractivity contribution in [1.29, 1.82) is 5.26 Å². The van der Waals surface area contributed by atoms with Crippen LogP contribution in [0.25, 0.3) is 22.1 Å². The maximum Gasteiger partial charge on any atom is 0.287 e. The lowest BCUT2D eigenvalue weighted by Gasteiger charge is -2.39. The van der Waals surface area contributed by atoms with Crippen LogP contribution in [-0.2, 0) is 20.2 Å². The summed E-state index contributed by atoms with van der Waals surface area (Å²) in [6, 6.07) is 15.7. The van der Waals surface area contributed by atoms with Crippen molar-refractivity contribution in [3.8, 4) is 17.2 Å². The zero-order chi connectivity index (χ0) is 29.3. The molecule has 0 unspecified atom stereocenters. The zero-order valence-corrected chi connectivity index (χ0v) is 22.7. The van der Waals surface area contributed by atoms with Gasteiger partial charge in [0, 0.05) is 18.2 Å². The van der Waals surface area contributed by atoms with Gasteiger partial charge in [-0.05, 0) is 54.5 Å². The number of nitriles is 1. The highest BCUT2D eigenvalue weighted by atomic mass is 32.2. The molecule has 2 heterocycles. The molecule has 0 spiro atoms. The maximum atomic E-state index is 14.0. The number of sulfone groups is 1. The van der Waals surface area contributed by atoms with Crippen LogP contribution in [0.2, 0.25) is 0 Å². The molecule has 1 aliphatic heterocycles. The maximum absolute atomic E-state index is 14.0. The minimum atomic E-state index is -3.22. The average molecular weight is 584 g/mol. The number of furan rings is 1. The highest BCUT2D eigenvalue weighted by Gasteiger charge is 2.53. The predicted molar refractivity (Wildman–Crippen MR) is 144 cm³/mol. The first-order chi connectivity index (χ1) is 19.3. The number of hydrogen-bond acceptors (Lipinski definition) is 7. The number of fused-ring (bicyclic) bond motifs is 1. The second-order valence-corrected chi connectivity index (χ2v) is 13.6. The van der Waals surface area contributed by atoms with Gasteiger partial charge in [0.25, 0.3) is 5.91 Å². The number of hydrogen-bond donors (Lipinski definition) is 3. The number of carbonyl (C=O) groups excluding carboxylic acids is 2. The van der Waals surface area contributed by atoms with Gasteiger partial charge in [0.1, 0.15) is 22.3 Å². The van der Waals surface area contributed by atoms with Crippen LogP contribution in [0, 0.1) is 11.3 Å². The number of alkyl halides is 2. The fraction of sp³-hybridized carbons (Fsp3) is 0.414. The number of halogens is 2. The molecule has 0 atom stereocenters. The summed E-state index contributed by atoms with van der Waals surface area (Å²) in [5.74, 6) is -5.03. The van der Waals surface area contributed by atoms with Gasteiger partial charge in [0.2, 0.25) is 11.8 Å². The summed E-state index contributed by atoms with van der Waals surface area (Å²) in [6.07, 6.45) is -0.772. The predicted octanol–water partition coefficient (Wildman–Crippen LogP) is 3.57. The molecule has 9 nitrogen and oxygen atoms in total. The number of carbonyl (C=O) groups is 2. The van der Waals surface area contributed by atoms with E-state index < -0.39 is 57.1 Å². The summed E-state index contributed by atoms with van der Waals surface area (Å²) in [4.78, 5) is 26.5. The third kappa shape index (κ3) is 5.08. The van der Waals surface area contributed by atoms with Gasteiger partial charge in [0.05, 0.1) is 17.6 Å². The van der Waals surface area contributed by atoms with Gasteiger partial charge in [-0.1, -0.05) is 36.4 Å². The molecule has 3 aromatic rings. The number of nitrogens with one attached hydrogen (secondary N) is 2. The molecule has 214 valence electrons. The first kappa shape index (κ1) is 27.4. The summed E-state index contributed by atoms with van der Waals surface area (Å²) in [6.45, 7) is 0. The molecular formula is C29H27F2N3O6S. The summed E-state index contributed by atoms with van der Waals surface area (Å²) in [5, 5.41) is 25.8. The van der Waals surface area contributed by atoms with Crippen molar-refractivity contribution >= 4 is 32.6 Å².